The van der Waals surface area contributed by atoms with Crippen LogP contribution in [-0.2, 0) is 6.42 Å². The van der Waals surface area contributed by atoms with Crippen LogP contribution >= 0.6 is 0 Å². The van der Waals surface area contributed by atoms with Crippen LogP contribution in [0.4, 0.5) is 0 Å². The van der Waals surface area contributed by atoms with E-state index in [0.29, 0.717) is 12.2 Å². The molecule has 0 unspecified atom stereocenters. The van der Waals surface area contributed by atoms with E-state index in [0.717, 1.165) is 25.9 Å². The quantitative estimate of drug-likeness (QED) is 0.869. The summed E-state index contributed by atoms with van der Waals surface area (Å²) >= 11 is 0. The van der Waals surface area contributed by atoms with Crippen molar-refractivity contribution in [1.29, 1.82) is 0 Å². The highest BCUT2D eigenvalue weighted by atomic mass is 16.4. The maximum Gasteiger partial charge on any atom is 0.339 e. The van der Waals surface area contributed by atoms with Gasteiger partial charge in [0.15, 0.2) is 5.76 Å². The molecule has 1 saturated heterocycles. The number of likely N-dealkylation sites (tertiary alicyclic amines) is 1. The van der Waals surface area contributed by atoms with E-state index >= 15 is 0 Å². The predicted molar refractivity (Wildman–Crippen MR) is 60.2 cm³/mol. The molecule has 1 amide bonds. The Kier molecular flexibility index (Phi) is 3.17. The third-order valence-electron chi connectivity index (χ3n) is 2.96. The maximum atomic E-state index is 12.0. The molecule has 0 aliphatic carbocycles. The largest absolute Gasteiger partial charge is 0.478 e. The number of carbonyl (C=O) groups excluding carboxylic acids is 1. The molecular weight excluding hydrogens is 222 g/mol. The molecule has 0 bridgehead atoms. The summed E-state index contributed by atoms with van der Waals surface area (Å²) in [5, 5.41) is 8.97. The maximum absolute atomic E-state index is 12.0. The van der Waals surface area contributed by atoms with Crippen molar-refractivity contribution in [2.24, 2.45) is 0 Å². The molecule has 5 heteroatoms. The first kappa shape index (κ1) is 11.7. The third kappa shape index (κ3) is 2.18. The number of hydrogen-bond donors (Lipinski definition) is 1. The molecule has 1 aromatic heterocycles. The van der Waals surface area contributed by atoms with Crippen molar-refractivity contribution in [3.05, 3.63) is 23.2 Å². The van der Waals surface area contributed by atoms with Crippen LogP contribution in [0.2, 0.25) is 0 Å². The predicted octanol–water partition coefficient (Wildman–Crippen LogP) is 1.78. The number of aryl methyl sites for hydroxylation is 1. The summed E-state index contributed by atoms with van der Waals surface area (Å²) in [6.07, 6.45) is 2.46. The Morgan fingerprint density at radius 3 is 2.53 bits per heavy atom. The van der Waals surface area contributed by atoms with Crippen molar-refractivity contribution in [3.8, 4) is 0 Å². The molecule has 1 N–H and O–H groups in total. The van der Waals surface area contributed by atoms with Crippen LogP contribution in [-0.4, -0.2) is 35.0 Å². The molecule has 1 fully saturated rings. The summed E-state index contributed by atoms with van der Waals surface area (Å²) in [6.45, 7) is 3.25. The first-order valence-corrected chi connectivity index (χ1v) is 5.78. The van der Waals surface area contributed by atoms with Gasteiger partial charge in [0.05, 0.1) is 0 Å². The average Bonchev–Trinajstić information content (AvgIpc) is 2.97. The molecule has 17 heavy (non-hydrogen) atoms. The van der Waals surface area contributed by atoms with Crippen molar-refractivity contribution < 1.29 is 19.1 Å². The Morgan fingerprint density at radius 2 is 2.06 bits per heavy atom. The van der Waals surface area contributed by atoms with E-state index in [1.807, 2.05) is 0 Å². The third-order valence-corrected chi connectivity index (χ3v) is 2.96. The van der Waals surface area contributed by atoms with E-state index in [-0.39, 0.29) is 17.2 Å². The molecule has 1 aliphatic rings. The summed E-state index contributed by atoms with van der Waals surface area (Å²) in [5.74, 6) is -0.753. The molecule has 0 atom stereocenters. The van der Waals surface area contributed by atoms with E-state index < -0.39 is 5.97 Å². The number of furan rings is 1. The SMILES string of the molecule is CCc1oc(C(=O)N2CCCC2)cc1C(=O)O. The summed E-state index contributed by atoms with van der Waals surface area (Å²) in [4.78, 5) is 24.6. The molecule has 2 rings (SSSR count). The van der Waals surface area contributed by atoms with Crippen LogP contribution in [0.1, 0.15) is 46.4 Å². The minimum absolute atomic E-state index is 0.0926. The lowest BCUT2D eigenvalue weighted by Crippen LogP contribution is -2.27. The number of carboxylic acid groups (broad SMARTS) is 1. The molecule has 5 nitrogen and oxygen atoms in total. The number of hydrogen-bond acceptors (Lipinski definition) is 3. The second-order valence-electron chi connectivity index (χ2n) is 4.11. The highest BCUT2D eigenvalue weighted by molar-refractivity contribution is 5.96. The molecule has 2 heterocycles. The Balaban J connectivity index is 2.26. The van der Waals surface area contributed by atoms with Crippen LogP contribution in [0.3, 0.4) is 0 Å². The van der Waals surface area contributed by atoms with E-state index in [9.17, 15) is 9.59 Å². The van der Waals surface area contributed by atoms with Gasteiger partial charge in [0.25, 0.3) is 5.91 Å². The highest BCUT2D eigenvalue weighted by Crippen LogP contribution is 2.20. The topological polar surface area (TPSA) is 70.8 Å². The smallest absolute Gasteiger partial charge is 0.339 e. The summed E-state index contributed by atoms with van der Waals surface area (Å²) in [7, 11) is 0. The van der Waals surface area contributed by atoms with Gasteiger partial charge in [-0.15, -0.1) is 0 Å². The molecule has 0 saturated carbocycles. The number of nitrogens with zero attached hydrogens (tertiary/aromatic N) is 1. The van der Waals surface area contributed by atoms with Crippen LogP contribution in [0, 0.1) is 0 Å². The molecule has 0 radical (unpaired) electrons. The first-order chi connectivity index (χ1) is 8.13. The fourth-order valence-corrected chi connectivity index (χ4v) is 2.05. The Labute approximate surface area is 99.0 Å². The van der Waals surface area contributed by atoms with Crippen molar-refractivity contribution in [2.45, 2.75) is 26.2 Å². The van der Waals surface area contributed by atoms with E-state index in [4.69, 9.17) is 9.52 Å². The van der Waals surface area contributed by atoms with Gasteiger partial charge in [-0.1, -0.05) is 6.92 Å². The second kappa shape index (κ2) is 4.61. The summed E-state index contributed by atoms with van der Waals surface area (Å²) < 4.78 is 5.33. The van der Waals surface area contributed by atoms with Crippen molar-refractivity contribution in [2.75, 3.05) is 13.1 Å². The van der Waals surface area contributed by atoms with Crippen LogP contribution in [0.25, 0.3) is 0 Å². The molecule has 1 aliphatic heterocycles. The normalized spacial score (nSPS) is 15.2. The van der Waals surface area contributed by atoms with Gasteiger partial charge in [-0.3, -0.25) is 4.79 Å². The number of carboxylic acids is 1. The van der Waals surface area contributed by atoms with Crippen molar-refractivity contribution in [3.63, 3.8) is 0 Å². The van der Waals surface area contributed by atoms with Gasteiger partial charge in [0.2, 0.25) is 0 Å². The second-order valence-corrected chi connectivity index (χ2v) is 4.11. The lowest BCUT2D eigenvalue weighted by molar-refractivity contribution is 0.0693. The van der Waals surface area contributed by atoms with Crippen LogP contribution in [0.5, 0.6) is 0 Å². The Hall–Kier alpha value is -1.78. The van der Waals surface area contributed by atoms with E-state index in [2.05, 4.69) is 0 Å². The van der Waals surface area contributed by atoms with Crippen molar-refractivity contribution >= 4 is 11.9 Å². The van der Waals surface area contributed by atoms with E-state index in [1.54, 1.807) is 11.8 Å². The van der Waals surface area contributed by atoms with Gasteiger partial charge in [-0.2, -0.15) is 0 Å². The van der Waals surface area contributed by atoms with Gasteiger partial charge < -0.3 is 14.4 Å². The lowest BCUT2D eigenvalue weighted by atomic mass is 10.2. The highest BCUT2D eigenvalue weighted by Gasteiger charge is 2.25. The number of aromatic carboxylic acids is 1. The van der Waals surface area contributed by atoms with Crippen LogP contribution in [0.15, 0.2) is 10.5 Å². The van der Waals surface area contributed by atoms with Gasteiger partial charge in [-0.25, -0.2) is 4.79 Å². The average molecular weight is 237 g/mol. The number of carbonyl (C=O) groups is 2. The Bertz CT molecular complexity index is 443. The molecule has 1 aromatic rings. The number of amides is 1. The Morgan fingerprint density at radius 1 is 1.41 bits per heavy atom. The van der Waals surface area contributed by atoms with Gasteiger partial charge >= 0.3 is 5.97 Å². The zero-order valence-electron chi connectivity index (χ0n) is 9.73. The molecule has 0 aromatic carbocycles. The minimum atomic E-state index is -1.05. The summed E-state index contributed by atoms with van der Waals surface area (Å²) in [6, 6.07) is 1.34. The molecule has 0 spiro atoms. The van der Waals surface area contributed by atoms with Crippen LogP contribution < -0.4 is 0 Å². The fraction of sp³-hybridized carbons (Fsp3) is 0.500. The molecule has 92 valence electrons. The standard InChI is InChI=1S/C12H15NO4/c1-2-9-8(12(15)16)7-10(17-9)11(14)13-5-3-4-6-13/h7H,2-6H2,1H3,(H,15,16). The van der Waals surface area contributed by atoms with Gasteiger partial charge in [-0.05, 0) is 12.8 Å². The number of rotatable bonds is 3. The first-order valence-electron chi connectivity index (χ1n) is 5.78. The zero-order chi connectivity index (χ0) is 12.4. The van der Waals surface area contributed by atoms with E-state index in [1.165, 1.54) is 6.07 Å². The summed E-state index contributed by atoms with van der Waals surface area (Å²) in [5.41, 5.74) is 0.0926. The van der Waals surface area contributed by atoms with Gasteiger partial charge in [0.1, 0.15) is 11.3 Å². The fourth-order valence-electron chi connectivity index (χ4n) is 2.05. The monoisotopic (exact) mass is 237 g/mol. The molecular formula is C12H15NO4. The minimum Gasteiger partial charge on any atom is -0.478 e. The van der Waals surface area contributed by atoms with Gasteiger partial charge in [0, 0.05) is 25.6 Å². The zero-order valence-corrected chi connectivity index (χ0v) is 9.73. The lowest BCUT2D eigenvalue weighted by Gasteiger charge is -2.12. The van der Waals surface area contributed by atoms with Crippen molar-refractivity contribution in [1.82, 2.24) is 4.90 Å².